The summed E-state index contributed by atoms with van der Waals surface area (Å²) in [6.07, 6.45) is 3.17. The fourth-order valence-electron chi connectivity index (χ4n) is 3.51. The van der Waals surface area contributed by atoms with Crippen molar-refractivity contribution < 1.29 is 9.59 Å². The molecule has 0 unspecified atom stereocenters. The maximum Gasteiger partial charge on any atom is 0.242 e. The number of carbonyl (C=O) groups excluding carboxylic acids is 2. The molecular formula is C20H24N6O2. The van der Waals surface area contributed by atoms with Crippen LogP contribution < -0.4 is 11.5 Å². The van der Waals surface area contributed by atoms with Crippen molar-refractivity contribution >= 4 is 29.0 Å². The number of nitrogens with two attached hydrogens (primary N) is 2. The van der Waals surface area contributed by atoms with Gasteiger partial charge in [-0.25, -0.2) is 4.99 Å². The number of hydrogen-bond acceptors (Lipinski definition) is 6. The normalized spacial score (nSPS) is 17.6. The second-order valence-electron chi connectivity index (χ2n) is 7.10. The predicted molar refractivity (Wildman–Crippen MR) is 107 cm³/mol. The van der Waals surface area contributed by atoms with E-state index in [-0.39, 0.29) is 24.3 Å². The van der Waals surface area contributed by atoms with Gasteiger partial charge >= 0.3 is 0 Å². The van der Waals surface area contributed by atoms with Crippen LogP contribution in [0.1, 0.15) is 30.9 Å². The number of primary amides is 1. The lowest BCUT2D eigenvalue weighted by Gasteiger charge is -2.33. The minimum atomic E-state index is -0.286. The number of piperidine rings is 1. The highest BCUT2D eigenvalue weighted by molar-refractivity contribution is 5.93. The van der Waals surface area contributed by atoms with Gasteiger partial charge < -0.3 is 21.3 Å². The largest absolute Gasteiger partial charge is 0.398 e. The lowest BCUT2D eigenvalue weighted by atomic mass is 9.96. The van der Waals surface area contributed by atoms with Crippen LogP contribution in [0.25, 0.3) is 5.70 Å². The number of amides is 2. The van der Waals surface area contributed by atoms with Crippen LogP contribution in [0.5, 0.6) is 0 Å². The Labute approximate surface area is 164 Å². The van der Waals surface area contributed by atoms with Crippen molar-refractivity contribution in [3.05, 3.63) is 35.4 Å². The monoisotopic (exact) mass is 380 g/mol. The van der Waals surface area contributed by atoms with Crippen LogP contribution in [0.2, 0.25) is 0 Å². The molecule has 2 amide bonds. The first kappa shape index (κ1) is 19.4. The second-order valence-corrected chi connectivity index (χ2v) is 7.10. The molecule has 1 fully saturated rings. The molecule has 8 heteroatoms. The summed E-state index contributed by atoms with van der Waals surface area (Å²) in [6.45, 7) is 3.76. The number of rotatable bonds is 4. The standard InChI is InChI=1S/C20H24N6O2/c1-13-24-18(16-3-2-14(11-21)10-17(16)22)6-9-26(13)12-19(27)25-7-4-15(5-8-25)20(23)28/h2-3,6,10,15H,4-5,7-9,12,22H2,1H3,(H2,23,28). The lowest BCUT2D eigenvalue weighted by molar-refractivity contribution is -0.135. The molecule has 146 valence electrons. The van der Waals surface area contributed by atoms with E-state index in [0.29, 0.717) is 43.7 Å². The van der Waals surface area contributed by atoms with E-state index in [1.807, 2.05) is 17.9 Å². The third kappa shape index (κ3) is 4.14. The summed E-state index contributed by atoms with van der Waals surface area (Å²) in [5.41, 5.74) is 13.9. The number of anilines is 1. The number of likely N-dealkylation sites (tertiary alicyclic amines) is 1. The highest BCUT2D eigenvalue weighted by Crippen LogP contribution is 2.26. The molecule has 0 aromatic heterocycles. The van der Waals surface area contributed by atoms with Crippen LogP contribution in [0.4, 0.5) is 5.69 Å². The first-order valence-corrected chi connectivity index (χ1v) is 9.26. The molecule has 0 atom stereocenters. The average Bonchev–Trinajstić information content (AvgIpc) is 2.69. The third-order valence-electron chi connectivity index (χ3n) is 5.28. The minimum Gasteiger partial charge on any atom is -0.398 e. The molecule has 1 saturated heterocycles. The SMILES string of the molecule is CC1=NC(c2ccc(C#N)cc2N)=CCN1CC(=O)N1CCC(C(N)=O)CC1. The molecule has 28 heavy (non-hydrogen) atoms. The van der Waals surface area contributed by atoms with Crippen LogP contribution >= 0.6 is 0 Å². The summed E-state index contributed by atoms with van der Waals surface area (Å²) < 4.78 is 0. The number of nitriles is 1. The van der Waals surface area contributed by atoms with E-state index in [9.17, 15) is 9.59 Å². The summed E-state index contributed by atoms with van der Waals surface area (Å²) in [4.78, 5) is 32.2. The van der Waals surface area contributed by atoms with Gasteiger partial charge in [-0.3, -0.25) is 9.59 Å². The van der Waals surface area contributed by atoms with Crippen molar-refractivity contribution in [2.45, 2.75) is 19.8 Å². The Morgan fingerprint density at radius 1 is 1.32 bits per heavy atom. The molecule has 0 radical (unpaired) electrons. The Bertz CT molecular complexity index is 890. The Hall–Kier alpha value is -3.34. The van der Waals surface area contributed by atoms with Gasteiger partial charge in [0.15, 0.2) is 0 Å². The molecule has 0 spiro atoms. The maximum absolute atomic E-state index is 12.6. The number of nitrogens with zero attached hydrogens (tertiary/aromatic N) is 4. The smallest absolute Gasteiger partial charge is 0.242 e. The molecule has 8 nitrogen and oxygen atoms in total. The van der Waals surface area contributed by atoms with Crippen LogP contribution in [-0.2, 0) is 9.59 Å². The van der Waals surface area contributed by atoms with Crippen LogP contribution in [-0.4, -0.2) is 53.6 Å². The van der Waals surface area contributed by atoms with E-state index in [2.05, 4.69) is 11.1 Å². The van der Waals surface area contributed by atoms with Gasteiger partial charge in [0.05, 0.1) is 23.9 Å². The Morgan fingerprint density at radius 3 is 2.61 bits per heavy atom. The van der Waals surface area contributed by atoms with E-state index in [4.69, 9.17) is 16.7 Å². The molecule has 2 aliphatic rings. The molecule has 0 aliphatic carbocycles. The van der Waals surface area contributed by atoms with Crippen molar-refractivity contribution in [1.29, 1.82) is 5.26 Å². The molecule has 1 aromatic rings. The average molecular weight is 380 g/mol. The summed E-state index contributed by atoms with van der Waals surface area (Å²) in [5, 5.41) is 8.96. The molecule has 4 N–H and O–H groups in total. The number of amidine groups is 1. The molecule has 3 rings (SSSR count). The van der Waals surface area contributed by atoms with Crippen molar-refractivity contribution in [1.82, 2.24) is 9.80 Å². The Balaban J connectivity index is 1.62. The maximum atomic E-state index is 12.6. The third-order valence-corrected chi connectivity index (χ3v) is 5.28. The second kappa shape index (κ2) is 8.13. The number of carbonyl (C=O) groups is 2. The summed E-state index contributed by atoms with van der Waals surface area (Å²) in [6, 6.07) is 7.20. The quantitative estimate of drug-likeness (QED) is 0.751. The summed E-state index contributed by atoms with van der Waals surface area (Å²) >= 11 is 0. The van der Waals surface area contributed by atoms with Gasteiger partial charge in [0.25, 0.3) is 0 Å². The number of hydrogen-bond donors (Lipinski definition) is 2. The van der Waals surface area contributed by atoms with Gasteiger partial charge in [-0.2, -0.15) is 5.26 Å². The highest BCUT2D eigenvalue weighted by atomic mass is 16.2. The van der Waals surface area contributed by atoms with E-state index < -0.39 is 0 Å². The van der Waals surface area contributed by atoms with E-state index >= 15 is 0 Å². The zero-order valence-corrected chi connectivity index (χ0v) is 15.9. The topological polar surface area (TPSA) is 129 Å². The van der Waals surface area contributed by atoms with E-state index in [1.165, 1.54) is 0 Å². The van der Waals surface area contributed by atoms with Gasteiger partial charge in [-0.1, -0.05) is 0 Å². The fourth-order valence-corrected chi connectivity index (χ4v) is 3.51. The summed E-state index contributed by atoms with van der Waals surface area (Å²) in [5.74, 6) is 0.338. The molecule has 1 aromatic carbocycles. The van der Waals surface area contributed by atoms with Gasteiger partial charge in [-0.15, -0.1) is 0 Å². The van der Waals surface area contributed by atoms with Gasteiger partial charge in [0, 0.05) is 36.8 Å². The van der Waals surface area contributed by atoms with E-state index in [0.717, 1.165) is 17.1 Å². The Kier molecular flexibility index (Phi) is 5.64. The van der Waals surface area contributed by atoms with Crippen molar-refractivity contribution in [3.8, 4) is 6.07 Å². The zero-order valence-electron chi connectivity index (χ0n) is 15.9. The van der Waals surface area contributed by atoms with Crippen molar-refractivity contribution in [2.24, 2.45) is 16.6 Å². The number of nitrogen functional groups attached to an aromatic ring is 1. The van der Waals surface area contributed by atoms with Gasteiger partial charge in [-0.05, 0) is 44.0 Å². The Morgan fingerprint density at radius 2 is 2.04 bits per heavy atom. The van der Waals surface area contributed by atoms with Crippen molar-refractivity contribution in [2.75, 3.05) is 31.9 Å². The van der Waals surface area contributed by atoms with E-state index in [1.54, 1.807) is 23.1 Å². The minimum absolute atomic E-state index is 0.0206. The lowest BCUT2D eigenvalue weighted by Crippen LogP contribution is -2.47. The predicted octanol–water partition coefficient (Wildman–Crippen LogP) is 0.939. The molecule has 0 bridgehead atoms. The first-order chi connectivity index (χ1) is 13.4. The number of aliphatic imine (C=N–C) groups is 1. The van der Waals surface area contributed by atoms with Crippen LogP contribution in [0, 0.1) is 17.2 Å². The van der Waals surface area contributed by atoms with Gasteiger partial charge in [0.2, 0.25) is 11.8 Å². The highest BCUT2D eigenvalue weighted by Gasteiger charge is 2.27. The molecule has 0 saturated carbocycles. The molecule has 2 aliphatic heterocycles. The fraction of sp³-hybridized carbons (Fsp3) is 0.400. The van der Waals surface area contributed by atoms with Crippen LogP contribution in [0.3, 0.4) is 0 Å². The van der Waals surface area contributed by atoms with Crippen LogP contribution in [0.15, 0.2) is 29.3 Å². The van der Waals surface area contributed by atoms with Crippen molar-refractivity contribution in [3.63, 3.8) is 0 Å². The molecule has 2 heterocycles. The number of benzene rings is 1. The molecular weight excluding hydrogens is 356 g/mol. The summed E-state index contributed by atoms with van der Waals surface area (Å²) in [7, 11) is 0. The first-order valence-electron chi connectivity index (χ1n) is 9.26. The van der Waals surface area contributed by atoms with Gasteiger partial charge in [0.1, 0.15) is 5.84 Å². The zero-order chi connectivity index (χ0) is 20.3.